The fourth-order valence-electron chi connectivity index (χ4n) is 4.78. The van der Waals surface area contributed by atoms with Crippen molar-refractivity contribution in [1.29, 1.82) is 0 Å². The molecule has 0 aliphatic carbocycles. The zero-order chi connectivity index (χ0) is 25.2. The van der Waals surface area contributed by atoms with E-state index in [9.17, 15) is 0 Å². The summed E-state index contributed by atoms with van der Waals surface area (Å²) in [6, 6.07) is 0. The average molecular weight is 485 g/mol. The highest BCUT2D eigenvalue weighted by Gasteiger charge is 1.96. The van der Waals surface area contributed by atoms with Crippen LogP contribution in [0.15, 0.2) is 0 Å². The molecule has 0 aromatic rings. The zero-order valence-corrected chi connectivity index (χ0v) is 24.1. The van der Waals surface area contributed by atoms with Crippen LogP contribution in [0.2, 0.25) is 0 Å². The van der Waals surface area contributed by atoms with Crippen molar-refractivity contribution >= 4 is 0 Å². The third-order valence-corrected chi connectivity index (χ3v) is 7.01. The van der Waals surface area contributed by atoms with Gasteiger partial charge in [-0.2, -0.15) is 0 Å². The molecule has 0 rings (SSSR count). The lowest BCUT2D eigenvalue weighted by atomic mass is 10.0. The molecule has 0 aliphatic rings. The van der Waals surface area contributed by atoms with E-state index in [2.05, 4.69) is 6.92 Å². The monoisotopic (exact) mass is 485 g/mol. The van der Waals surface area contributed by atoms with E-state index in [0.29, 0.717) is 6.61 Å². The highest BCUT2D eigenvalue weighted by Crippen LogP contribution is 2.16. The molecule has 2 N–H and O–H groups in total. The molecule has 2 nitrogen and oxygen atoms in total. The lowest BCUT2D eigenvalue weighted by molar-refractivity contribution is 0.282. The molecule has 208 valence electrons. The summed E-state index contributed by atoms with van der Waals surface area (Å²) in [7, 11) is 0. The predicted molar refractivity (Wildman–Crippen MR) is 155 cm³/mol. The van der Waals surface area contributed by atoms with Crippen molar-refractivity contribution in [3.8, 4) is 0 Å². The molecule has 0 atom stereocenters. The topological polar surface area (TPSA) is 40.5 Å². The Bertz CT molecular complexity index is 277. The lowest BCUT2D eigenvalue weighted by Crippen LogP contribution is -1.85. The predicted octanol–water partition coefficient (Wildman–Crippen LogP) is 10.9. The Labute approximate surface area is 217 Å². The first-order valence-corrected chi connectivity index (χ1v) is 16.0. The van der Waals surface area contributed by atoms with Crippen LogP contribution >= 0.6 is 0 Å². The molecule has 0 bridgehead atoms. The first kappa shape index (κ1) is 36.1. The molecule has 0 aromatic heterocycles. The van der Waals surface area contributed by atoms with Crippen molar-refractivity contribution < 1.29 is 10.2 Å². The van der Waals surface area contributed by atoms with Gasteiger partial charge in [0.2, 0.25) is 0 Å². The summed E-state index contributed by atoms with van der Waals surface area (Å²) in [6.45, 7) is 4.61. The molecule has 0 saturated heterocycles. The summed E-state index contributed by atoms with van der Waals surface area (Å²) in [5.74, 6) is 0. The quantitative estimate of drug-likeness (QED) is 0.108. The van der Waals surface area contributed by atoms with Gasteiger partial charge < -0.3 is 10.2 Å². The van der Waals surface area contributed by atoms with Gasteiger partial charge in [0.25, 0.3) is 0 Å². The molecule has 0 heterocycles. The number of hydrogen-bond acceptors (Lipinski definition) is 2. The molecule has 0 amide bonds. The number of aliphatic hydroxyl groups excluding tert-OH is 2. The Morgan fingerprint density at radius 1 is 0.265 bits per heavy atom. The Morgan fingerprint density at radius 3 is 0.559 bits per heavy atom. The normalized spacial score (nSPS) is 10.9. The van der Waals surface area contributed by atoms with Crippen molar-refractivity contribution in [3.63, 3.8) is 0 Å². The SMILES string of the molecule is CCCCCCCCCCCCCCCCCCCCCCCCCCCCCCO.CCO. The van der Waals surface area contributed by atoms with E-state index in [0.717, 1.165) is 6.42 Å². The second-order valence-electron chi connectivity index (χ2n) is 10.6. The van der Waals surface area contributed by atoms with Crippen molar-refractivity contribution in [2.24, 2.45) is 0 Å². The first-order valence-electron chi connectivity index (χ1n) is 16.0. The molecular weight excluding hydrogens is 416 g/mol. The second-order valence-corrected chi connectivity index (χ2v) is 10.6. The summed E-state index contributed by atoms with van der Waals surface area (Å²) in [6.07, 6.45) is 40.1. The maximum absolute atomic E-state index is 8.76. The molecule has 0 radical (unpaired) electrons. The average Bonchev–Trinajstić information content (AvgIpc) is 2.84. The number of unbranched alkanes of at least 4 members (excludes halogenated alkanes) is 27. The minimum Gasteiger partial charge on any atom is -0.397 e. The third-order valence-electron chi connectivity index (χ3n) is 7.01. The summed E-state index contributed by atoms with van der Waals surface area (Å²) in [5.41, 5.74) is 0. The first-order chi connectivity index (χ1) is 16.8. The zero-order valence-electron chi connectivity index (χ0n) is 24.1. The summed E-state index contributed by atoms with van der Waals surface area (Å²) >= 11 is 0. The van der Waals surface area contributed by atoms with E-state index in [1.807, 2.05) is 0 Å². The van der Waals surface area contributed by atoms with Gasteiger partial charge in [0.1, 0.15) is 0 Å². The van der Waals surface area contributed by atoms with E-state index < -0.39 is 0 Å². The number of aliphatic hydroxyl groups is 2. The fraction of sp³-hybridized carbons (Fsp3) is 1.00. The van der Waals surface area contributed by atoms with Gasteiger partial charge >= 0.3 is 0 Å². The Morgan fingerprint density at radius 2 is 0.412 bits per heavy atom. The maximum atomic E-state index is 8.76. The molecule has 2 heteroatoms. The Hall–Kier alpha value is -0.0800. The largest absolute Gasteiger partial charge is 0.397 e. The van der Waals surface area contributed by atoms with Gasteiger partial charge in [-0.1, -0.05) is 180 Å². The molecule has 0 aromatic carbocycles. The van der Waals surface area contributed by atoms with Crippen molar-refractivity contribution in [2.75, 3.05) is 13.2 Å². The lowest BCUT2D eigenvalue weighted by Gasteiger charge is -2.04. The van der Waals surface area contributed by atoms with Crippen molar-refractivity contribution in [2.45, 2.75) is 194 Å². The van der Waals surface area contributed by atoms with Crippen LogP contribution in [0.4, 0.5) is 0 Å². The van der Waals surface area contributed by atoms with Crippen LogP contribution < -0.4 is 0 Å². The van der Waals surface area contributed by atoms with E-state index >= 15 is 0 Å². The number of rotatable bonds is 28. The van der Waals surface area contributed by atoms with Gasteiger partial charge in [0.15, 0.2) is 0 Å². The summed E-state index contributed by atoms with van der Waals surface area (Å²) < 4.78 is 0. The van der Waals surface area contributed by atoms with E-state index in [-0.39, 0.29) is 6.61 Å². The van der Waals surface area contributed by atoms with Crippen LogP contribution in [0.25, 0.3) is 0 Å². The van der Waals surface area contributed by atoms with Crippen LogP contribution in [0.5, 0.6) is 0 Å². The molecule has 0 unspecified atom stereocenters. The smallest absolute Gasteiger partial charge is 0.0431 e. The minimum atomic E-state index is 0.250. The van der Waals surface area contributed by atoms with Gasteiger partial charge in [-0.15, -0.1) is 0 Å². The highest BCUT2D eigenvalue weighted by atomic mass is 16.3. The summed E-state index contributed by atoms with van der Waals surface area (Å²) in [4.78, 5) is 0. The van der Waals surface area contributed by atoms with Gasteiger partial charge in [-0.3, -0.25) is 0 Å². The van der Waals surface area contributed by atoms with Crippen molar-refractivity contribution in [1.82, 2.24) is 0 Å². The van der Waals surface area contributed by atoms with E-state index in [1.165, 1.54) is 173 Å². The van der Waals surface area contributed by atoms with Crippen LogP contribution in [-0.2, 0) is 0 Å². The Kier molecular flexibility index (Phi) is 39.8. The summed E-state index contributed by atoms with van der Waals surface area (Å²) in [5, 5.41) is 16.3. The van der Waals surface area contributed by atoms with E-state index in [1.54, 1.807) is 6.92 Å². The molecule has 0 spiro atoms. The standard InChI is InChI=1S/C30H62O.C2H6O/c1-2-3-4-5-6-7-8-9-10-11-12-13-14-15-16-17-18-19-20-21-22-23-24-25-26-27-28-29-30-31;1-2-3/h31H,2-30H2,1H3;3H,2H2,1H3. The Balaban J connectivity index is 0. The molecule has 0 fully saturated rings. The van der Waals surface area contributed by atoms with Crippen LogP contribution in [0, 0.1) is 0 Å². The van der Waals surface area contributed by atoms with E-state index in [4.69, 9.17) is 10.2 Å². The second kappa shape index (κ2) is 37.5. The molecule has 34 heavy (non-hydrogen) atoms. The maximum Gasteiger partial charge on any atom is 0.0431 e. The van der Waals surface area contributed by atoms with Gasteiger partial charge in [0.05, 0.1) is 0 Å². The van der Waals surface area contributed by atoms with Crippen molar-refractivity contribution in [3.05, 3.63) is 0 Å². The number of hydrogen-bond donors (Lipinski definition) is 2. The van der Waals surface area contributed by atoms with Gasteiger partial charge in [-0.05, 0) is 13.3 Å². The van der Waals surface area contributed by atoms with Gasteiger partial charge in [-0.25, -0.2) is 0 Å². The van der Waals surface area contributed by atoms with Gasteiger partial charge in [0, 0.05) is 13.2 Å². The third kappa shape index (κ3) is 39.1. The van der Waals surface area contributed by atoms with Crippen LogP contribution in [0.1, 0.15) is 194 Å². The molecular formula is C32H68O2. The van der Waals surface area contributed by atoms with Crippen LogP contribution in [0.3, 0.4) is 0 Å². The van der Waals surface area contributed by atoms with Crippen LogP contribution in [-0.4, -0.2) is 23.4 Å². The fourth-order valence-corrected chi connectivity index (χ4v) is 4.78. The minimum absolute atomic E-state index is 0.250. The highest BCUT2D eigenvalue weighted by molar-refractivity contribution is 4.52. The molecule has 0 aliphatic heterocycles. The molecule has 0 saturated carbocycles.